The molecule has 1 aromatic carbocycles. The summed E-state index contributed by atoms with van der Waals surface area (Å²) in [5.74, 6) is 1.20. The van der Waals surface area contributed by atoms with Crippen molar-refractivity contribution in [2.75, 3.05) is 46.5 Å². The van der Waals surface area contributed by atoms with Crippen LogP contribution in [0.2, 0.25) is 0 Å². The van der Waals surface area contributed by atoms with Gasteiger partial charge in [0.2, 0.25) is 0 Å². The highest BCUT2D eigenvalue weighted by Gasteiger charge is 2.28. The van der Waals surface area contributed by atoms with Crippen LogP contribution < -0.4 is 10.1 Å². The Balaban J connectivity index is 1.50. The highest BCUT2D eigenvalue weighted by molar-refractivity contribution is 6.06. The molecule has 31 heavy (non-hydrogen) atoms. The van der Waals surface area contributed by atoms with Crippen molar-refractivity contribution in [2.45, 2.75) is 46.1 Å². The van der Waals surface area contributed by atoms with Crippen LogP contribution in [0.25, 0.3) is 10.9 Å². The first-order valence-electron chi connectivity index (χ1n) is 11.6. The van der Waals surface area contributed by atoms with Crippen molar-refractivity contribution in [3.8, 4) is 5.75 Å². The van der Waals surface area contributed by atoms with Gasteiger partial charge in [0.1, 0.15) is 11.3 Å². The number of hydrogen-bond donors (Lipinski definition) is 1. The Kier molecular flexibility index (Phi) is 6.82. The van der Waals surface area contributed by atoms with E-state index < -0.39 is 0 Å². The number of morpholine rings is 1. The summed E-state index contributed by atoms with van der Waals surface area (Å²) in [4.78, 5) is 15.5. The fourth-order valence-electron chi connectivity index (χ4n) is 5.11. The van der Waals surface area contributed by atoms with Crippen LogP contribution in [-0.2, 0) is 11.3 Å². The summed E-state index contributed by atoms with van der Waals surface area (Å²) in [5, 5.41) is 8.76. The average Bonchev–Trinajstić information content (AvgIpc) is 3.15. The predicted molar refractivity (Wildman–Crippen MR) is 122 cm³/mol. The maximum Gasteiger partial charge on any atom is 0.272 e. The third-order valence-corrected chi connectivity index (χ3v) is 6.76. The predicted octanol–water partition coefficient (Wildman–Crippen LogP) is 3.32. The molecule has 170 valence electrons. The van der Waals surface area contributed by atoms with E-state index in [9.17, 15) is 4.79 Å². The molecule has 1 N–H and O–H groups in total. The third kappa shape index (κ3) is 5.21. The van der Waals surface area contributed by atoms with Crippen molar-refractivity contribution in [2.24, 2.45) is 11.3 Å². The van der Waals surface area contributed by atoms with Crippen LogP contribution in [0.3, 0.4) is 0 Å². The Morgan fingerprint density at radius 3 is 2.84 bits per heavy atom. The number of fused-ring (bicyclic) bond motifs is 1. The van der Waals surface area contributed by atoms with Gasteiger partial charge in [-0.15, -0.1) is 0 Å². The zero-order chi connectivity index (χ0) is 21.8. The molecule has 7 nitrogen and oxygen atoms in total. The summed E-state index contributed by atoms with van der Waals surface area (Å²) >= 11 is 0. The number of benzene rings is 1. The van der Waals surface area contributed by atoms with Crippen molar-refractivity contribution in [1.82, 2.24) is 20.0 Å². The minimum Gasteiger partial charge on any atom is -0.494 e. The van der Waals surface area contributed by atoms with E-state index in [0.717, 1.165) is 55.9 Å². The van der Waals surface area contributed by atoms with Gasteiger partial charge in [-0.2, -0.15) is 5.10 Å². The SMILES string of the molecule is COc1cccc2c(C(=O)NCC3CCCC(C)(C)C3)nn(CCN3CCOCC3)c12. The number of ether oxygens (including phenoxy) is 2. The lowest BCUT2D eigenvalue weighted by atomic mass is 9.72. The molecule has 2 fully saturated rings. The molecule has 1 aliphatic carbocycles. The first kappa shape index (κ1) is 22.1. The summed E-state index contributed by atoms with van der Waals surface area (Å²) in [6.07, 6.45) is 4.86. The normalized spacial score (nSPS) is 21.8. The van der Waals surface area contributed by atoms with Crippen molar-refractivity contribution in [1.29, 1.82) is 0 Å². The molecule has 7 heteroatoms. The standard InChI is InChI=1S/C24H36N4O3/c1-24(2)9-5-6-18(16-24)17-25-23(29)21-19-7-4-8-20(30-3)22(19)28(26-21)11-10-27-12-14-31-15-13-27/h4,7-8,18H,5-6,9-17H2,1-3H3,(H,25,29). The molecule has 1 unspecified atom stereocenters. The topological polar surface area (TPSA) is 68.6 Å². The van der Waals surface area contributed by atoms with Gasteiger partial charge in [-0.1, -0.05) is 32.4 Å². The number of methoxy groups -OCH3 is 1. The van der Waals surface area contributed by atoms with E-state index >= 15 is 0 Å². The monoisotopic (exact) mass is 428 g/mol. The van der Waals surface area contributed by atoms with Gasteiger partial charge in [-0.25, -0.2) is 0 Å². The molecule has 2 aliphatic rings. The summed E-state index contributed by atoms with van der Waals surface area (Å²) in [6, 6.07) is 5.82. The molecule has 1 amide bonds. The Morgan fingerprint density at radius 2 is 2.10 bits per heavy atom. The molecule has 1 aliphatic heterocycles. The smallest absolute Gasteiger partial charge is 0.272 e. The molecule has 1 saturated carbocycles. The lowest BCUT2D eigenvalue weighted by Gasteiger charge is -2.35. The Morgan fingerprint density at radius 1 is 1.29 bits per heavy atom. The molecule has 2 aromatic rings. The molecule has 1 saturated heterocycles. The zero-order valence-corrected chi connectivity index (χ0v) is 19.2. The molecule has 0 radical (unpaired) electrons. The van der Waals surface area contributed by atoms with E-state index in [2.05, 4.69) is 24.1 Å². The Hall–Kier alpha value is -2.12. The lowest BCUT2D eigenvalue weighted by Crippen LogP contribution is -2.38. The van der Waals surface area contributed by atoms with E-state index in [4.69, 9.17) is 14.6 Å². The number of aromatic nitrogens is 2. The number of carbonyl (C=O) groups excluding carboxylic acids is 1. The van der Waals surface area contributed by atoms with Crippen molar-refractivity contribution < 1.29 is 14.3 Å². The fraction of sp³-hybridized carbons (Fsp3) is 0.667. The summed E-state index contributed by atoms with van der Waals surface area (Å²) in [7, 11) is 1.67. The molecule has 4 rings (SSSR count). The molecule has 1 atom stereocenters. The van der Waals surface area contributed by atoms with Crippen LogP contribution in [0, 0.1) is 11.3 Å². The van der Waals surface area contributed by atoms with Crippen LogP contribution in [0.4, 0.5) is 0 Å². The van der Waals surface area contributed by atoms with Gasteiger partial charge in [0.25, 0.3) is 5.91 Å². The van der Waals surface area contributed by atoms with Gasteiger partial charge in [-0.05, 0) is 36.7 Å². The first-order chi connectivity index (χ1) is 15.0. The van der Waals surface area contributed by atoms with Gasteiger partial charge < -0.3 is 14.8 Å². The largest absolute Gasteiger partial charge is 0.494 e. The number of hydrogen-bond acceptors (Lipinski definition) is 5. The minimum absolute atomic E-state index is 0.0910. The number of amides is 1. The minimum atomic E-state index is -0.0910. The second kappa shape index (κ2) is 9.57. The van der Waals surface area contributed by atoms with Crippen LogP contribution in [0.15, 0.2) is 18.2 Å². The van der Waals surface area contributed by atoms with Crippen LogP contribution >= 0.6 is 0 Å². The summed E-state index contributed by atoms with van der Waals surface area (Å²) in [5.41, 5.74) is 1.75. The number of nitrogens with zero attached hydrogens (tertiary/aromatic N) is 3. The van der Waals surface area contributed by atoms with Gasteiger partial charge >= 0.3 is 0 Å². The highest BCUT2D eigenvalue weighted by Crippen LogP contribution is 2.38. The molecule has 1 aromatic heterocycles. The van der Waals surface area contributed by atoms with Crippen LogP contribution in [-0.4, -0.2) is 67.1 Å². The number of nitrogens with one attached hydrogen (secondary N) is 1. The zero-order valence-electron chi connectivity index (χ0n) is 19.2. The number of carbonyl (C=O) groups is 1. The van der Waals surface area contributed by atoms with E-state index in [1.54, 1.807) is 7.11 Å². The van der Waals surface area contributed by atoms with Crippen molar-refractivity contribution >= 4 is 16.8 Å². The van der Waals surface area contributed by atoms with E-state index in [1.807, 2.05) is 22.9 Å². The maximum absolute atomic E-state index is 13.1. The van der Waals surface area contributed by atoms with Gasteiger partial charge in [-0.3, -0.25) is 14.4 Å². The molecule has 2 heterocycles. The lowest BCUT2D eigenvalue weighted by molar-refractivity contribution is 0.0361. The van der Waals surface area contributed by atoms with Crippen LogP contribution in [0.1, 0.15) is 50.0 Å². The fourth-order valence-corrected chi connectivity index (χ4v) is 5.11. The quantitative estimate of drug-likeness (QED) is 0.733. The van der Waals surface area contributed by atoms with Gasteiger partial charge in [0, 0.05) is 31.6 Å². The number of rotatable bonds is 7. The number of para-hydroxylation sites is 1. The van der Waals surface area contributed by atoms with E-state index in [0.29, 0.717) is 30.1 Å². The molecule has 0 bridgehead atoms. The second-order valence-electron chi connectivity index (χ2n) is 9.72. The highest BCUT2D eigenvalue weighted by atomic mass is 16.5. The van der Waals surface area contributed by atoms with E-state index in [-0.39, 0.29) is 5.91 Å². The summed E-state index contributed by atoms with van der Waals surface area (Å²) < 4.78 is 13.0. The van der Waals surface area contributed by atoms with Crippen molar-refractivity contribution in [3.63, 3.8) is 0 Å². The Bertz CT molecular complexity index is 902. The second-order valence-corrected chi connectivity index (χ2v) is 9.72. The molecule has 0 spiro atoms. The maximum atomic E-state index is 13.1. The third-order valence-electron chi connectivity index (χ3n) is 6.76. The van der Waals surface area contributed by atoms with E-state index in [1.165, 1.54) is 19.3 Å². The summed E-state index contributed by atoms with van der Waals surface area (Å²) in [6.45, 7) is 10.4. The Labute approximate surface area is 185 Å². The molecular formula is C24H36N4O3. The first-order valence-corrected chi connectivity index (χ1v) is 11.6. The van der Waals surface area contributed by atoms with Crippen LogP contribution in [0.5, 0.6) is 5.75 Å². The van der Waals surface area contributed by atoms with Gasteiger partial charge in [0.15, 0.2) is 5.69 Å². The molecular weight excluding hydrogens is 392 g/mol. The average molecular weight is 429 g/mol. The van der Waals surface area contributed by atoms with Gasteiger partial charge in [0.05, 0.1) is 26.9 Å². The van der Waals surface area contributed by atoms with Crippen molar-refractivity contribution in [3.05, 3.63) is 23.9 Å².